The van der Waals surface area contributed by atoms with Gasteiger partial charge >= 0.3 is 0 Å². The highest BCUT2D eigenvalue weighted by Crippen LogP contribution is 2.30. The van der Waals surface area contributed by atoms with Crippen LogP contribution in [0.5, 0.6) is 0 Å². The van der Waals surface area contributed by atoms with Crippen LogP contribution in [-0.2, 0) is 12.6 Å². The molecule has 4 heteroatoms. The van der Waals surface area contributed by atoms with Crippen molar-refractivity contribution in [3.05, 3.63) is 29.6 Å². The summed E-state index contributed by atoms with van der Waals surface area (Å²) in [4.78, 5) is 4.50. The van der Waals surface area contributed by atoms with E-state index in [1.165, 1.54) is 0 Å². The van der Waals surface area contributed by atoms with Crippen molar-refractivity contribution in [1.29, 1.82) is 5.26 Å². The van der Waals surface area contributed by atoms with Crippen LogP contribution in [0, 0.1) is 11.3 Å². The molecule has 1 aliphatic rings. The molecule has 4 nitrogen and oxygen atoms in total. The Morgan fingerprint density at radius 3 is 2.73 bits per heavy atom. The molecule has 1 aliphatic heterocycles. The second-order valence-corrected chi connectivity index (χ2v) is 3.88. The van der Waals surface area contributed by atoms with Crippen molar-refractivity contribution in [3.63, 3.8) is 0 Å². The zero-order chi connectivity index (χ0) is 11.1. The molecule has 0 amide bonds. The number of hydrogen-bond donors (Lipinski definition) is 0. The van der Waals surface area contributed by atoms with Gasteiger partial charge in [-0.2, -0.15) is 10.4 Å². The molecule has 1 aromatic heterocycles. The van der Waals surface area contributed by atoms with Gasteiger partial charge in [-0.1, -0.05) is 0 Å². The molecule has 0 bridgehead atoms. The first-order valence-electron chi connectivity index (χ1n) is 4.75. The summed E-state index contributed by atoms with van der Waals surface area (Å²) in [6.07, 6.45) is 3.98. The van der Waals surface area contributed by atoms with Gasteiger partial charge in [0.05, 0.1) is 5.69 Å². The summed E-state index contributed by atoms with van der Waals surface area (Å²) in [5, 5.41) is 13.2. The van der Waals surface area contributed by atoms with Crippen LogP contribution in [0.1, 0.15) is 25.2 Å². The number of aryl methyl sites for hydroxylation is 1. The van der Waals surface area contributed by atoms with Crippen molar-refractivity contribution in [2.75, 3.05) is 0 Å². The van der Waals surface area contributed by atoms with Gasteiger partial charge in [-0.25, -0.2) is 0 Å². The molecule has 1 unspecified atom stereocenters. The smallest absolute Gasteiger partial charge is 0.138 e. The van der Waals surface area contributed by atoms with E-state index in [9.17, 15) is 0 Å². The van der Waals surface area contributed by atoms with Crippen molar-refractivity contribution in [2.24, 2.45) is 12.0 Å². The first-order valence-corrected chi connectivity index (χ1v) is 4.75. The Hall–Kier alpha value is -1.89. The van der Waals surface area contributed by atoms with Crippen molar-refractivity contribution >= 4 is 5.71 Å². The summed E-state index contributed by atoms with van der Waals surface area (Å²) in [7, 11) is 1.76. The lowest BCUT2D eigenvalue weighted by Gasteiger charge is -2.14. The molecule has 0 N–H and O–H groups in total. The van der Waals surface area contributed by atoms with Crippen molar-refractivity contribution in [1.82, 2.24) is 9.78 Å². The minimum absolute atomic E-state index is 0.406. The molecule has 0 saturated carbocycles. The van der Waals surface area contributed by atoms with Crippen LogP contribution < -0.4 is 0 Å². The molecule has 0 aliphatic carbocycles. The molecule has 76 valence electrons. The van der Waals surface area contributed by atoms with Gasteiger partial charge in [-0.15, -0.1) is 0 Å². The van der Waals surface area contributed by atoms with E-state index in [-0.39, 0.29) is 0 Å². The van der Waals surface area contributed by atoms with Gasteiger partial charge in [-0.05, 0) is 26.0 Å². The molecular weight excluding hydrogens is 188 g/mol. The third kappa shape index (κ3) is 1.46. The van der Waals surface area contributed by atoms with Crippen LogP contribution in [-0.4, -0.2) is 15.5 Å². The van der Waals surface area contributed by atoms with E-state index in [0.29, 0.717) is 5.69 Å². The number of nitrogens with zero attached hydrogens (tertiary/aromatic N) is 4. The molecule has 0 saturated heterocycles. The Bertz CT molecular complexity index is 501. The van der Waals surface area contributed by atoms with E-state index in [4.69, 9.17) is 5.26 Å². The van der Waals surface area contributed by atoms with Gasteiger partial charge in [-0.3, -0.25) is 9.67 Å². The average molecular weight is 200 g/mol. The fourth-order valence-electron chi connectivity index (χ4n) is 1.69. The monoisotopic (exact) mass is 200 g/mol. The molecule has 0 spiro atoms. The number of allylic oxidation sites excluding steroid dienone is 1. The van der Waals surface area contributed by atoms with Crippen molar-refractivity contribution in [2.45, 2.75) is 19.4 Å². The average Bonchev–Trinajstić information content (AvgIpc) is 2.71. The fourth-order valence-corrected chi connectivity index (χ4v) is 1.69. The van der Waals surface area contributed by atoms with Gasteiger partial charge in [0.15, 0.2) is 0 Å². The third-order valence-corrected chi connectivity index (χ3v) is 2.57. The molecule has 0 fully saturated rings. The maximum Gasteiger partial charge on any atom is 0.138 e. The van der Waals surface area contributed by atoms with Gasteiger partial charge in [0, 0.05) is 18.8 Å². The number of aliphatic imine (C=N–C) groups is 1. The molecule has 0 aromatic carbocycles. The van der Waals surface area contributed by atoms with E-state index < -0.39 is 5.54 Å². The Morgan fingerprint density at radius 2 is 2.27 bits per heavy atom. The fraction of sp³-hybridized carbons (Fsp3) is 0.364. The SMILES string of the molecule is CC1=NC(C)(c2cc(C#N)n(C)n2)C=C1. The summed E-state index contributed by atoms with van der Waals surface area (Å²) in [6, 6.07) is 3.88. The number of hydrogen-bond acceptors (Lipinski definition) is 3. The lowest BCUT2D eigenvalue weighted by molar-refractivity contribution is 0.597. The molecule has 0 radical (unpaired) electrons. The van der Waals surface area contributed by atoms with Crippen molar-refractivity contribution in [3.8, 4) is 6.07 Å². The van der Waals surface area contributed by atoms with Gasteiger partial charge in [0.25, 0.3) is 0 Å². The van der Waals surface area contributed by atoms with Crippen molar-refractivity contribution < 1.29 is 0 Å². The molecule has 2 heterocycles. The zero-order valence-electron chi connectivity index (χ0n) is 9.02. The Labute approximate surface area is 88.6 Å². The van der Waals surface area contributed by atoms with Gasteiger partial charge < -0.3 is 0 Å². The molecule has 15 heavy (non-hydrogen) atoms. The van der Waals surface area contributed by atoms with E-state index in [0.717, 1.165) is 11.4 Å². The third-order valence-electron chi connectivity index (χ3n) is 2.57. The molecular formula is C11H12N4. The Morgan fingerprint density at radius 1 is 1.53 bits per heavy atom. The first kappa shape index (κ1) is 9.66. The minimum Gasteiger partial charge on any atom is -0.273 e. The summed E-state index contributed by atoms with van der Waals surface area (Å²) in [6.45, 7) is 3.94. The summed E-state index contributed by atoms with van der Waals surface area (Å²) in [5.74, 6) is 0. The van der Waals surface area contributed by atoms with Gasteiger partial charge in [0.1, 0.15) is 17.3 Å². The standard InChI is InChI=1S/C11H12N4/c1-8-4-5-11(2,13-8)10-6-9(7-12)15(3)14-10/h4-6H,1-3H3. The quantitative estimate of drug-likeness (QED) is 0.690. The van der Waals surface area contributed by atoms with E-state index >= 15 is 0 Å². The minimum atomic E-state index is -0.406. The van der Waals surface area contributed by atoms with Crippen LogP contribution in [0.25, 0.3) is 0 Å². The number of aromatic nitrogens is 2. The van der Waals surface area contributed by atoms with Crippen LogP contribution in [0.3, 0.4) is 0 Å². The second-order valence-electron chi connectivity index (χ2n) is 3.88. The van der Waals surface area contributed by atoms with Crippen LogP contribution in [0.4, 0.5) is 0 Å². The Kier molecular flexibility index (Phi) is 1.97. The Balaban J connectivity index is 2.48. The first-order chi connectivity index (χ1) is 7.05. The van der Waals surface area contributed by atoms with E-state index in [1.807, 2.05) is 26.0 Å². The highest BCUT2D eigenvalue weighted by molar-refractivity contribution is 5.95. The molecule has 1 aromatic rings. The summed E-state index contributed by atoms with van der Waals surface area (Å²) >= 11 is 0. The maximum atomic E-state index is 8.85. The van der Waals surface area contributed by atoms with E-state index in [1.54, 1.807) is 17.8 Å². The van der Waals surface area contributed by atoms with Crippen LogP contribution in [0.15, 0.2) is 23.2 Å². The lowest BCUT2D eigenvalue weighted by atomic mass is 10.00. The highest BCUT2D eigenvalue weighted by Gasteiger charge is 2.29. The highest BCUT2D eigenvalue weighted by atomic mass is 15.3. The zero-order valence-corrected chi connectivity index (χ0v) is 9.02. The lowest BCUT2D eigenvalue weighted by Crippen LogP contribution is -2.15. The number of rotatable bonds is 1. The molecule has 1 atom stereocenters. The largest absolute Gasteiger partial charge is 0.273 e. The predicted molar refractivity (Wildman–Crippen MR) is 57.5 cm³/mol. The maximum absolute atomic E-state index is 8.85. The van der Waals surface area contributed by atoms with Crippen LogP contribution in [0.2, 0.25) is 0 Å². The predicted octanol–water partition coefficient (Wildman–Crippen LogP) is 1.54. The van der Waals surface area contributed by atoms with Crippen LogP contribution >= 0.6 is 0 Å². The second kappa shape index (κ2) is 3.06. The summed E-state index contributed by atoms with van der Waals surface area (Å²) in [5.41, 5.74) is 1.95. The van der Waals surface area contributed by atoms with E-state index in [2.05, 4.69) is 16.2 Å². The molecule has 2 rings (SSSR count). The topological polar surface area (TPSA) is 54.0 Å². The normalized spacial score (nSPS) is 24.0. The summed E-state index contributed by atoms with van der Waals surface area (Å²) < 4.78 is 1.58. The van der Waals surface area contributed by atoms with Gasteiger partial charge in [0.2, 0.25) is 0 Å². The number of nitriles is 1.